The number of rotatable bonds is 5. The second-order valence-corrected chi connectivity index (χ2v) is 4.09. The highest BCUT2D eigenvalue weighted by molar-refractivity contribution is 7.84. The first-order valence-electron chi connectivity index (χ1n) is 3.82. The summed E-state index contributed by atoms with van der Waals surface area (Å²) in [6.45, 7) is 1.48. The first-order valence-corrected chi connectivity index (χ1v) is 5.55. The van der Waals surface area contributed by atoms with E-state index in [1.54, 1.807) is 12.5 Å². The number of nitrogens with one attached hydrogen (secondary N) is 1. The van der Waals surface area contributed by atoms with E-state index in [1.807, 2.05) is 12.1 Å². The molecule has 0 aliphatic heterocycles. The lowest BCUT2D eigenvalue weighted by molar-refractivity contribution is 0.488. The summed E-state index contributed by atoms with van der Waals surface area (Å²) in [6, 6.07) is 3.77. The highest BCUT2D eigenvalue weighted by atomic mass is 32.2. The van der Waals surface area contributed by atoms with Crippen LogP contribution < -0.4 is 5.32 Å². The van der Waals surface area contributed by atoms with Gasteiger partial charge in [-0.15, -0.1) is 0 Å². The van der Waals surface area contributed by atoms with Gasteiger partial charge in [0.1, 0.15) is 5.76 Å². The molecule has 68 valence electrons. The highest BCUT2D eigenvalue weighted by Gasteiger charge is 1.94. The van der Waals surface area contributed by atoms with Crippen LogP contribution in [0.25, 0.3) is 0 Å². The Morgan fingerprint density at radius 2 is 2.50 bits per heavy atom. The zero-order valence-corrected chi connectivity index (χ0v) is 7.89. The Balaban J connectivity index is 2.07. The van der Waals surface area contributed by atoms with Gasteiger partial charge in [0.15, 0.2) is 0 Å². The van der Waals surface area contributed by atoms with Crippen LogP contribution in [0.1, 0.15) is 5.76 Å². The van der Waals surface area contributed by atoms with Crippen molar-refractivity contribution in [3.63, 3.8) is 0 Å². The minimum absolute atomic E-state index is 0.695. The van der Waals surface area contributed by atoms with Gasteiger partial charge in [-0.2, -0.15) is 0 Å². The van der Waals surface area contributed by atoms with Crippen LogP contribution in [0.3, 0.4) is 0 Å². The molecule has 1 atom stereocenters. The van der Waals surface area contributed by atoms with E-state index in [9.17, 15) is 4.21 Å². The van der Waals surface area contributed by atoms with Crippen molar-refractivity contribution in [2.24, 2.45) is 0 Å². The van der Waals surface area contributed by atoms with Crippen molar-refractivity contribution >= 4 is 10.8 Å². The van der Waals surface area contributed by atoms with Crippen LogP contribution in [0.2, 0.25) is 0 Å². The largest absolute Gasteiger partial charge is 0.468 e. The molecule has 0 fully saturated rings. The summed E-state index contributed by atoms with van der Waals surface area (Å²) in [5.41, 5.74) is 0. The molecule has 1 aromatic heterocycles. The third kappa shape index (κ3) is 3.69. The van der Waals surface area contributed by atoms with Gasteiger partial charge in [-0.25, -0.2) is 0 Å². The molecular formula is C8H13NO2S. The average Bonchev–Trinajstić information content (AvgIpc) is 2.49. The fourth-order valence-corrected chi connectivity index (χ4v) is 1.27. The maximum Gasteiger partial charge on any atom is 0.117 e. The van der Waals surface area contributed by atoms with E-state index < -0.39 is 10.8 Å². The Morgan fingerprint density at radius 3 is 3.08 bits per heavy atom. The van der Waals surface area contributed by atoms with Gasteiger partial charge >= 0.3 is 0 Å². The van der Waals surface area contributed by atoms with Crippen LogP contribution in [0.4, 0.5) is 0 Å². The smallest absolute Gasteiger partial charge is 0.117 e. The summed E-state index contributed by atoms with van der Waals surface area (Å²) >= 11 is 0. The van der Waals surface area contributed by atoms with E-state index >= 15 is 0 Å². The predicted molar refractivity (Wildman–Crippen MR) is 49.3 cm³/mol. The van der Waals surface area contributed by atoms with Crippen molar-refractivity contribution in [1.29, 1.82) is 0 Å². The lowest BCUT2D eigenvalue weighted by atomic mass is 10.4. The molecule has 0 amide bonds. The minimum Gasteiger partial charge on any atom is -0.468 e. The van der Waals surface area contributed by atoms with Crippen molar-refractivity contribution in [1.82, 2.24) is 5.32 Å². The van der Waals surface area contributed by atoms with Crippen molar-refractivity contribution in [2.45, 2.75) is 6.54 Å². The molecule has 12 heavy (non-hydrogen) atoms. The van der Waals surface area contributed by atoms with Gasteiger partial charge in [0.25, 0.3) is 0 Å². The summed E-state index contributed by atoms with van der Waals surface area (Å²) in [4.78, 5) is 0. The molecule has 0 aliphatic rings. The summed E-state index contributed by atoms with van der Waals surface area (Å²) in [6.07, 6.45) is 3.35. The Kier molecular flexibility index (Phi) is 4.04. The normalized spacial score (nSPS) is 13.1. The van der Waals surface area contributed by atoms with E-state index in [0.29, 0.717) is 12.3 Å². The van der Waals surface area contributed by atoms with Gasteiger partial charge in [-0.3, -0.25) is 4.21 Å². The second-order valence-electron chi connectivity index (χ2n) is 2.53. The van der Waals surface area contributed by atoms with Crippen LogP contribution in [-0.2, 0) is 17.3 Å². The molecule has 0 aromatic carbocycles. The molecule has 0 saturated carbocycles. The molecule has 0 spiro atoms. The van der Waals surface area contributed by atoms with Gasteiger partial charge in [0, 0.05) is 29.4 Å². The molecule has 4 heteroatoms. The molecule has 0 saturated heterocycles. The molecule has 0 aliphatic carbocycles. The Bertz CT molecular complexity index is 233. The molecular weight excluding hydrogens is 174 g/mol. The van der Waals surface area contributed by atoms with Gasteiger partial charge in [0.2, 0.25) is 0 Å². The number of hydrogen-bond acceptors (Lipinski definition) is 3. The minimum atomic E-state index is -0.707. The van der Waals surface area contributed by atoms with Gasteiger partial charge in [-0.1, -0.05) is 0 Å². The SMILES string of the molecule is CS(=O)CCNCc1ccco1. The van der Waals surface area contributed by atoms with Crippen molar-refractivity contribution in [2.75, 3.05) is 18.6 Å². The van der Waals surface area contributed by atoms with Crippen LogP contribution in [0.15, 0.2) is 22.8 Å². The summed E-state index contributed by atoms with van der Waals surface area (Å²) in [5.74, 6) is 1.61. The second kappa shape index (κ2) is 5.11. The number of furan rings is 1. The van der Waals surface area contributed by atoms with E-state index in [-0.39, 0.29) is 0 Å². The van der Waals surface area contributed by atoms with Crippen LogP contribution in [0, 0.1) is 0 Å². The van der Waals surface area contributed by atoms with Crippen LogP contribution >= 0.6 is 0 Å². The van der Waals surface area contributed by atoms with Gasteiger partial charge in [0.05, 0.1) is 12.8 Å². The van der Waals surface area contributed by atoms with Crippen molar-refractivity contribution in [3.05, 3.63) is 24.2 Å². The fourth-order valence-electron chi connectivity index (χ4n) is 0.841. The molecule has 1 N–H and O–H groups in total. The standard InChI is InChI=1S/C8H13NO2S/c1-12(10)6-4-9-7-8-3-2-5-11-8/h2-3,5,9H,4,6-7H2,1H3. The van der Waals surface area contributed by atoms with Crippen LogP contribution in [0.5, 0.6) is 0 Å². The van der Waals surface area contributed by atoms with E-state index in [2.05, 4.69) is 5.32 Å². The fraction of sp³-hybridized carbons (Fsp3) is 0.500. The first kappa shape index (κ1) is 9.48. The quantitative estimate of drug-likeness (QED) is 0.692. The maximum absolute atomic E-state index is 10.7. The zero-order chi connectivity index (χ0) is 8.81. The predicted octanol–water partition coefficient (Wildman–Crippen LogP) is 0.748. The van der Waals surface area contributed by atoms with Gasteiger partial charge < -0.3 is 9.73 Å². The van der Waals surface area contributed by atoms with Gasteiger partial charge in [-0.05, 0) is 12.1 Å². The summed E-state index contributed by atoms with van der Waals surface area (Å²) in [5, 5.41) is 3.13. The maximum atomic E-state index is 10.7. The lowest BCUT2D eigenvalue weighted by Crippen LogP contribution is -2.19. The van der Waals surface area contributed by atoms with Crippen LogP contribution in [-0.4, -0.2) is 22.8 Å². The molecule has 3 nitrogen and oxygen atoms in total. The molecule has 1 heterocycles. The van der Waals surface area contributed by atoms with E-state index in [4.69, 9.17) is 4.42 Å². The average molecular weight is 187 g/mol. The molecule has 1 rings (SSSR count). The molecule has 1 aromatic rings. The third-order valence-electron chi connectivity index (χ3n) is 1.45. The number of hydrogen-bond donors (Lipinski definition) is 1. The molecule has 0 bridgehead atoms. The Hall–Kier alpha value is -0.610. The monoisotopic (exact) mass is 187 g/mol. The topological polar surface area (TPSA) is 42.2 Å². The van der Waals surface area contributed by atoms with E-state index in [0.717, 1.165) is 12.3 Å². The summed E-state index contributed by atoms with van der Waals surface area (Å²) < 4.78 is 15.8. The van der Waals surface area contributed by atoms with Crippen molar-refractivity contribution in [3.8, 4) is 0 Å². The highest BCUT2D eigenvalue weighted by Crippen LogP contribution is 1.97. The lowest BCUT2D eigenvalue weighted by Gasteiger charge is -1.99. The molecule has 0 radical (unpaired) electrons. The van der Waals surface area contributed by atoms with Crippen molar-refractivity contribution < 1.29 is 8.63 Å². The van der Waals surface area contributed by atoms with E-state index in [1.165, 1.54) is 0 Å². The molecule has 1 unspecified atom stereocenters. The zero-order valence-electron chi connectivity index (χ0n) is 7.08. The first-order chi connectivity index (χ1) is 5.79. The Morgan fingerprint density at radius 1 is 1.67 bits per heavy atom. The third-order valence-corrected chi connectivity index (χ3v) is 2.22. The summed E-state index contributed by atoms with van der Waals surface area (Å²) in [7, 11) is -0.707. The Labute approximate surface area is 74.6 Å².